The average Bonchev–Trinajstić information content (AvgIpc) is 2.91. The third kappa shape index (κ3) is 4.91. The molecule has 2 aromatic heterocycles. The van der Waals surface area contributed by atoms with E-state index < -0.39 is 6.36 Å². The monoisotopic (exact) mass is 443 g/mol. The summed E-state index contributed by atoms with van der Waals surface area (Å²) in [5.41, 5.74) is 1.07. The lowest BCUT2D eigenvalue weighted by Crippen LogP contribution is -2.21. The minimum atomic E-state index is -4.77. The number of amides is 1. The van der Waals surface area contributed by atoms with Crippen LogP contribution in [0, 0.1) is 13.8 Å². The zero-order valence-corrected chi connectivity index (χ0v) is 17.2. The van der Waals surface area contributed by atoms with Crippen LogP contribution in [0.2, 0.25) is 0 Å². The normalized spacial score (nSPS) is 11.7. The molecule has 0 aliphatic rings. The second kappa shape index (κ2) is 8.07. The summed E-state index contributed by atoms with van der Waals surface area (Å²) in [6.45, 7) is 3.80. The van der Waals surface area contributed by atoms with Crippen LogP contribution in [0.25, 0.3) is 10.2 Å². The number of carbonyl (C=O) groups is 1. The van der Waals surface area contributed by atoms with Crippen molar-refractivity contribution < 1.29 is 22.7 Å². The van der Waals surface area contributed by atoms with Gasteiger partial charge in [0.2, 0.25) is 5.91 Å². The molecule has 1 amide bonds. The molecule has 154 valence electrons. The zero-order chi connectivity index (χ0) is 21.3. The number of rotatable bonds is 5. The molecular formula is C18H16F3N3O3S2. The zero-order valence-electron chi connectivity index (χ0n) is 15.6. The third-order valence-corrected chi connectivity index (χ3v) is 6.20. The first-order valence-electron chi connectivity index (χ1n) is 8.30. The second-order valence-corrected chi connectivity index (χ2v) is 8.28. The van der Waals surface area contributed by atoms with Gasteiger partial charge in [-0.25, -0.2) is 4.98 Å². The summed E-state index contributed by atoms with van der Waals surface area (Å²) < 4.78 is 41.7. The van der Waals surface area contributed by atoms with E-state index in [4.69, 9.17) is 0 Å². The van der Waals surface area contributed by atoms with E-state index in [0.29, 0.717) is 21.1 Å². The van der Waals surface area contributed by atoms with Gasteiger partial charge in [0.1, 0.15) is 10.6 Å². The number of alkyl halides is 3. The Kier molecular flexibility index (Phi) is 5.90. The van der Waals surface area contributed by atoms with Gasteiger partial charge in [0.05, 0.1) is 11.1 Å². The highest BCUT2D eigenvalue weighted by Gasteiger charge is 2.31. The van der Waals surface area contributed by atoms with Crippen LogP contribution in [0.4, 0.5) is 18.9 Å². The molecule has 0 radical (unpaired) electrons. The fraction of sp³-hybridized carbons (Fsp3) is 0.278. The van der Waals surface area contributed by atoms with Gasteiger partial charge in [-0.2, -0.15) is 0 Å². The average molecular weight is 443 g/mol. The number of nitrogens with zero attached hydrogens (tertiary/aromatic N) is 2. The summed E-state index contributed by atoms with van der Waals surface area (Å²) in [5.74, 6) is -0.776. The minimum Gasteiger partial charge on any atom is -0.406 e. The SMILES string of the molecule is Cc1sc2nc(SCC(=O)Nc3ccc(OC(F)(F)F)cc3)n(C)c(=O)c2c1C. The molecule has 0 saturated heterocycles. The van der Waals surface area contributed by atoms with E-state index in [1.165, 1.54) is 28.0 Å². The van der Waals surface area contributed by atoms with Gasteiger partial charge in [-0.15, -0.1) is 24.5 Å². The summed E-state index contributed by atoms with van der Waals surface area (Å²) in [7, 11) is 1.60. The summed E-state index contributed by atoms with van der Waals surface area (Å²) in [6, 6.07) is 4.83. The van der Waals surface area contributed by atoms with Gasteiger partial charge >= 0.3 is 6.36 Å². The van der Waals surface area contributed by atoms with E-state index in [-0.39, 0.29) is 23.0 Å². The molecule has 0 bridgehead atoms. The lowest BCUT2D eigenvalue weighted by Gasteiger charge is -2.10. The van der Waals surface area contributed by atoms with Crippen LogP contribution in [0.3, 0.4) is 0 Å². The maximum Gasteiger partial charge on any atom is 0.573 e. The van der Waals surface area contributed by atoms with Crippen molar-refractivity contribution in [3.05, 3.63) is 45.1 Å². The van der Waals surface area contributed by atoms with E-state index in [9.17, 15) is 22.8 Å². The Morgan fingerprint density at radius 1 is 1.28 bits per heavy atom. The van der Waals surface area contributed by atoms with Gasteiger partial charge in [0.15, 0.2) is 5.16 Å². The predicted octanol–water partition coefficient (Wildman–Crippen LogP) is 4.24. The maximum atomic E-state index is 12.6. The molecule has 0 spiro atoms. The lowest BCUT2D eigenvalue weighted by atomic mass is 10.2. The largest absolute Gasteiger partial charge is 0.573 e. The number of hydrogen-bond donors (Lipinski definition) is 1. The third-order valence-electron chi connectivity index (χ3n) is 4.07. The summed E-state index contributed by atoms with van der Waals surface area (Å²) in [5, 5.41) is 3.58. The molecule has 1 N–H and O–H groups in total. The molecule has 0 atom stereocenters. The quantitative estimate of drug-likeness (QED) is 0.472. The molecule has 0 unspecified atom stereocenters. The highest BCUT2D eigenvalue weighted by molar-refractivity contribution is 7.99. The summed E-state index contributed by atoms with van der Waals surface area (Å²) in [4.78, 5) is 30.9. The molecule has 2 heterocycles. The molecule has 1 aromatic carbocycles. The number of aryl methyl sites for hydroxylation is 2. The molecule has 3 rings (SSSR count). The Morgan fingerprint density at radius 3 is 2.55 bits per heavy atom. The number of benzene rings is 1. The topological polar surface area (TPSA) is 73.2 Å². The predicted molar refractivity (Wildman–Crippen MR) is 107 cm³/mol. The van der Waals surface area contributed by atoms with Crippen LogP contribution in [-0.4, -0.2) is 27.6 Å². The molecule has 6 nitrogen and oxygen atoms in total. The Balaban J connectivity index is 1.66. The number of anilines is 1. The van der Waals surface area contributed by atoms with Gasteiger partial charge in [0, 0.05) is 17.6 Å². The summed E-state index contributed by atoms with van der Waals surface area (Å²) in [6.07, 6.45) is -4.77. The van der Waals surface area contributed by atoms with Crippen molar-refractivity contribution in [1.82, 2.24) is 9.55 Å². The first kappa shape index (κ1) is 21.2. The standard InChI is InChI=1S/C18H16F3N3O3S2/c1-9-10(2)29-15-14(9)16(26)24(3)17(23-15)28-8-13(25)22-11-4-6-12(7-5-11)27-18(19,20)21/h4-7H,8H2,1-3H3,(H,22,25). The van der Waals surface area contributed by atoms with Crippen molar-refractivity contribution in [3.8, 4) is 5.75 Å². The Hall–Kier alpha value is -2.53. The van der Waals surface area contributed by atoms with Crippen LogP contribution in [-0.2, 0) is 11.8 Å². The first-order chi connectivity index (χ1) is 13.5. The van der Waals surface area contributed by atoms with Crippen molar-refractivity contribution in [2.75, 3.05) is 11.1 Å². The van der Waals surface area contributed by atoms with Gasteiger partial charge in [0.25, 0.3) is 5.56 Å². The number of fused-ring (bicyclic) bond motifs is 1. The Labute approximate surface area is 171 Å². The van der Waals surface area contributed by atoms with Crippen LogP contribution in [0.1, 0.15) is 10.4 Å². The van der Waals surface area contributed by atoms with Gasteiger partial charge in [-0.05, 0) is 43.7 Å². The number of aromatic nitrogens is 2. The fourth-order valence-electron chi connectivity index (χ4n) is 2.55. The highest BCUT2D eigenvalue weighted by Crippen LogP contribution is 2.28. The number of halogens is 3. The molecule has 11 heteroatoms. The van der Waals surface area contributed by atoms with E-state index >= 15 is 0 Å². The van der Waals surface area contributed by atoms with E-state index in [1.807, 2.05) is 13.8 Å². The number of hydrogen-bond acceptors (Lipinski definition) is 6. The van der Waals surface area contributed by atoms with Crippen molar-refractivity contribution in [2.45, 2.75) is 25.4 Å². The molecule has 3 aromatic rings. The van der Waals surface area contributed by atoms with Crippen LogP contribution < -0.4 is 15.6 Å². The van der Waals surface area contributed by atoms with Crippen LogP contribution >= 0.6 is 23.1 Å². The van der Waals surface area contributed by atoms with Crippen molar-refractivity contribution >= 4 is 44.9 Å². The fourth-order valence-corrected chi connectivity index (χ4v) is 4.39. The van der Waals surface area contributed by atoms with Crippen LogP contribution in [0.5, 0.6) is 5.75 Å². The molecule has 0 aliphatic heterocycles. The number of thioether (sulfide) groups is 1. The number of thiophene rings is 1. The van der Waals surface area contributed by atoms with Gasteiger partial charge in [-0.1, -0.05) is 11.8 Å². The molecule has 0 fully saturated rings. The molecule has 29 heavy (non-hydrogen) atoms. The molecular weight excluding hydrogens is 427 g/mol. The number of carbonyl (C=O) groups excluding carboxylic acids is 1. The van der Waals surface area contributed by atoms with E-state index in [0.717, 1.165) is 34.3 Å². The van der Waals surface area contributed by atoms with Gasteiger partial charge in [-0.3, -0.25) is 14.2 Å². The van der Waals surface area contributed by atoms with Crippen molar-refractivity contribution in [3.63, 3.8) is 0 Å². The summed E-state index contributed by atoms with van der Waals surface area (Å²) >= 11 is 2.53. The van der Waals surface area contributed by atoms with E-state index in [1.54, 1.807) is 7.05 Å². The van der Waals surface area contributed by atoms with Crippen LogP contribution in [0.15, 0.2) is 34.2 Å². The first-order valence-corrected chi connectivity index (χ1v) is 10.1. The number of ether oxygens (including phenoxy) is 1. The van der Waals surface area contributed by atoms with Crippen molar-refractivity contribution in [2.24, 2.45) is 7.05 Å². The minimum absolute atomic E-state index is 0.0179. The number of nitrogens with one attached hydrogen (secondary N) is 1. The molecule has 0 aliphatic carbocycles. The van der Waals surface area contributed by atoms with E-state index in [2.05, 4.69) is 15.0 Å². The Bertz CT molecular complexity index is 1120. The van der Waals surface area contributed by atoms with Gasteiger partial charge < -0.3 is 10.1 Å². The smallest absolute Gasteiger partial charge is 0.406 e. The van der Waals surface area contributed by atoms with Crippen molar-refractivity contribution in [1.29, 1.82) is 0 Å². The highest BCUT2D eigenvalue weighted by atomic mass is 32.2. The Morgan fingerprint density at radius 2 is 1.93 bits per heavy atom. The maximum absolute atomic E-state index is 12.6. The molecule has 0 saturated carbocycles. The lowest BCUT2D eigenvalue weighted by molar-refractivity contribution is -0.274. The second-order valence-electron chi connectivity index (χ2n) is 6.13.